The van der Waals surface area contributed by atoms with E-state index in [4.69, 9.17) is 0 Å². The number of hydrogen-bond acceptors (Lipinski definition) is 4. The highest BCUT2D eigenvalue weighted by Gasteiger charge is 2.11. The molecule has 18 heavy (non-hydrogen) atoms. The van der Waals surface area contributed by atoms with Gasteiger partial charge in [-0.1, -0.05) is 30.3 Å². The number of aliphatic hydroxyl groups excluding tert-OH is 1. The summed E-state index contributed by atoms with van der Waals surface area (Å²) in [6.45, 7) is 2.90. The average molecular weight is 246 g/mol. The molecule has 5 heteroatoms. The third-order valence-electron chi connectivity index (χ3n) is 2.56. The first-order chi connectivity index (χ1) is 8.66. The molecule has 0 aliphatic carbocycles. The number of rotatable bonds is 5. The SMILES string of the molecule is C[C@@H](O)CNCc1nn(C)nc1-c1ccccc1. The summed E-state index contributed by atoms with van der Waals surface area (Å²) in [6, 6.07) is 9.98. The van der Waals surface area contributed by atoms with Crippen molar-refractivity contribution < 1.29 is 5.11 Å². The Morgan fingerprint density at radius 3 is 2.67 bits per heavy atom. The summed E-state index contributed by atoms with van der Waals surface area (Å²) in [5.41, 5.74) is 2.83. The van der Waals surface area contributed by atoms with Crippen molar-refractivity contribution in [3.8, 4) is 11.3 Å². The highest BCUT2D eigenvalue weighted by Crippen LogP contribution is 2.19. The number of hydrogen-bond donors (Lipinski definition) is 2. The molecule has 2 aromatic rings. The summed E-state index contributed by atoms with van der Waals surface area (Å²) in [7, 11) is 1.81. The predicted octanol–water partition coefficient (Wildman–Crippen LogP) is 0.952. The van der Waals surface area contributed by atoms with E-state index in [9.17, 15) is 5.11 Å². The zero-order chi connectivity index (χ0) is 13.0. The van der Waals surface area contributed by atoms with Gasteiger partial charge in [0.1, 0.15) is 11.4 Å². The number of nitrogens with zero attached hydrogens (tertiary/aromatic N) is 3. The average Bonchev–Trinajstić information content (AvgIpc) is 2.71. The predicted molar refractivity (Wildman–Crippen MR) is 69.8 cm³/mol. The van der Waals surface area contributed by atoms with E-state index >= 15 is 0 Å². The summed E-state index contributed by atoms with van der Waals surface area (Å²) in [6.07, 6.45) is -0.359. The van der Waals surface area contributed by atoms with E-state index in [0.717, 1.165) is 17.0 Å². The zero-order valence-electron chi connectivity index (χ0n) is 10.7. The van der Waals surface area contributed by atoms with E-state index in [1.54, 1.807) is 11.7 Å². The van der Waals surface area contributed by atoms with E-state index in [1.165, 1.54) is 0 Å². The molecule has 2 rings (SSSR count). The van der Waals surface area contributed by atoms with Crippen molar-refractivity contribution >= 4 is 0 Å². The lowest BCUT2D eigenvalue weighted by Gasteiger charge is -2.05. The molecule has 0 aliphatic rings. The molecule has 0 amide bonds. The molecule has 0 radical (unpaired) electrons. The fourth-order valence-electron chi connectivity index (χ4n) is 1.79. The van der Waals surface area contributed by atoms with E-state index in [1.807, 2.05) is 37.4 Å². The zero-order valence-corrected chi connectivity index (χ0v) is 10.7. The van der Waals surface area contributed by atoms with Gasteiger partial charge in [0.05, 0.1) is 6.10 Å². The first-order valence-electron chi connectivity index (χ1n) is 6.01. The molecule has 2 N–H and O–H groups in total. The summed E-state index contributed by atoms with van der Waals surface area (Å²) in [5, 5.41) is 21.1. The molecular weight excluding hydrogens is 228 g/mol. The topological polar surface area (TPSA) is 63.0 Å². The van der Waals surface area contributed by atoms with Crippen LogP contribution >= 0.6 is 0 Å². The van der Waals surface area contributed by atoms with E-state index in [-0.39, 0.29) is 6.10 Å². The van der Waals surface area contributed by atoms with Crippen LogP contribution in [0, 0.1) is 0 Å². The monoisotopic (exact) mass is 246 g/mol. The smallest absolute Gasteiger partial charge is 0.117 e. The highest BCUT2D eigenvalue weighted by molar-refractivity contribution is 5.60. The molecule has 1 atom stereocenters. The minimum atomic E-state index is -0.359. The van der Waals surface area contributed by atoms with Gasteiger partial charge in [0.15, 0.2) is 0 Å². The van der Waals surface area contributed by atoms with Crippen molar-refractivity contribution in [1.82, 2.24) is 20.3 Å². The summed E-state index contributed by atoms with van der Waals surface area (Å²) in [4.78, 5) is 1.57. The maximum absolute atomic E-state index is 9.22. The Balaban J connectivity index is 2.16. The Bertz CT molecular complexity index is 493. The molecule has 0 aliphatic heterocycles. The number of nitrogens with one attached hydrogen (secondary N) is 1. The maximum atomic E-state index is 9.22. The maximum Gasteiger partial charge on any atom is 0.117 e. The van der Waals surface area contributed by atoms with Crippen molar-refractivity contribution in [2.75, 3.05) is 6.54 Å². The Labute approximate surface area is 106 Å². The molecule has 1 aromatic heterocycles. The molecule has 5 nitrogen and oxygen atoms in total. The number of benzene rings is 1. The minimum absolute atomic E-state index is 0.359. The van der Waals surface area contributed by atoms with Crippen LogP contribution in [0.5, 0.6) is 0 Å². The number of aliphatic hydroxyl groups is 1. The van der Waals surface area contributed by atoms with Gasteiger partial charge in [0, 0.05) is 25.7 Å². The van der Waals surface area contributed by atoms with Crippen LogP contribution in [-0.2, 0) is 13.6 Å². The Hall–Kier alpha value is -1.72. The number of aromatic nitrogens is 3. The first-order valence-corrected chi connectivity index (χ1v) is 6.01. The van der Waals surface area contributed by atoms with Crippen molar-refractivity contribution in [2.24, 2.45) is 7.05 Å². The molecule has 0 saturated heterocycles. The van der Waals surface area contributed by atoms with Gasteiger partial charge in [0.2, 0.25) is 0 Å². The fourth-order valence-corrected chi connectivity index (χ4v) is 1.79. The van der Waals surface area contributed by atoms with Crippen LogP contribution in [0.4, 0.5) is 0 Å². The molecule has 1 heterocycles. The van der Waals surface area contributed by atoms with Crippen molar-refractivity contribution in [2.45, 2.75) is 19.6 Å². The van der Waals surface area contributed by atoms with Gasteiger partial charge < -0.3 is 10.4 Å². The summed E-state index contributed by atoms with van der Waals surface area (Å²) >= 11 is 0. The molecule has 0 spiro atoms. The van der Waals surface area contributed by atoms with Crippen molar-refractivity contribution in [3.05, 3.63) is 36.0 Å². The minimum Gasteiger partial charge on any atom is -0.392 e. The van der Waals surface area contributed by atoms with Crippen molar-refractivity contribution in [1.29, 1.82) is 0 Å². The quantitative estimate of drug-likeness (QED) is 0.824. The van der Waals surface area contributed by atoms with Gasteiger partial charge in [-0.15, -0.1) is 0 Å². The lowest BCUT2D eigenvalue weighted by molar-refractivity contribution is 0.191. The standard InChI is InChI=1S/C13H18N4O/c1-10(18)8-14-9-12-13(16-17(2)15-12)11-6-4-3-5-7-11/h3-7,10,14,18H,8-9H2,1-2H3/t10-/m1/s1. The van der Waals surface area contributed by atoms with Gasteiger partial charge >= 0.3 is 0 Å². The largest absolute Gasteiger partial charge is 0.392 e. The molecular formula is C13H18N4O. The van der Waals surface area contributed by atoms with E-state index in [2.05, 4.69) is 15.5 Å². The normalized spacial score (nSPS) is 12.6. The van der Waals surface area contributed by atoms with Crippen LogP contribution in [-0.4, -0.2) is 32.7 Å². The Morgan fingerprint density at radius 1 is 1.28 bits per heavy atom. The molecule has 96 valence electrons. The Morgan fingerprint density at radius 2 is 2.00 bits per heavy atom. The second-order valence-corrected chi connectivity index (χ2v) is 4.33. The van der Waals surface area contributed by atoms with Crippen LogP contribution in [0.15, 0.2) is 30.3 Å². The lowest BCUT2D eigenvalue weighted by Crippen LogP contribution is -2.24. The van der Waals surface area contributed by atoms with Crippen LogP contribution < -0.4 is 5.32 Å². The first kappa shape index (κ1) is 12.7. The molecule has 1 aromatic carbocycles. The van der Waals surface area contributed by atoms with Gasteiger partial charge in [-0.2, -0.15) is 15.0 Å². The molecule has 0 saturated carbocycles. The van der Waals surface area contributed by atoms with Crippen LogP contribution in [0.25, 0.3) is 11.3 Å². The van der Waals surface area contributed by atoms with Crippen LogP contribution in [0.3, 0.4) is 0 Å². The van der Waals surface area contributed by atoms with E-state index in [0.29, 0.717) is 13.1 Å². The lowest BCUT2D eigenvalue weighted by atomic mass is 10.1. The van der Waals surface area contributed by atoms with Gasteiger partial charge in [0.25, 0.3) is 0 Å². The van der Waals surface area contributed by atoms with Gasteiger partial charge in [-0.3, -0.25) is 0 Å². The van der Waals surface area contributed by atoms with Crippen LogP contribution in [0.1, 0.15) is 12.6 Å². The van der Waals surface area contributed by atoms with Gasteiger partial charge in [-0.05, 0) is 6.92 Å². The van der Waals surface area contributed by atoms with E-state index < -0.39 is 0 Å². The van der Waals surface area contributed by atoms with Gasteiger partial charge in [-0.25, -0.2) is 0 Å². The highest BCUT2D eigenvalue weighted by atomic mass is 16.3. The third kappa shape index (κ3) is 3.15. The molecule has 0 bridgehead atoms. The Kier molecular flexibility index (Phi) is 4.07. The molecule has 0 unspecified atom stereocenters. The molecule has 0 fully saturated rings. The number of aryl methyl sites for hydroxylation is 1. The fraction of sp³-hybridized carbons (Fsp3) is 0.385. The second kappa shape index (κ2) is 5.75. The summed E-state index contributed by atoms with van der Waals surface area (Å²) < 4.78 is 0. The van der Waals surface area contributed by atoms with Crippen LogP contribution in [0.2, 0.25) is 0 Å². The summed E-state index contributed by atoms with van der Waals surface area (Å²) in [5.74, 6) is 0. The second-order valence-electron chi connectivity index (χ2n) is 4.33. The van der Waals surface area contributed by atoms with Crippen molar-refractivity contribution in [3.63, 3.8) is 0 Å². The third-order valence-corrected chi connectivity index (χ3v) is 2.56.